The molecule has 30 heavy (non-hydrogen) atoms. The van der Waals surface area contributed by atoms with Crippen LogP contribution in [-0.2, 0) is 11.3 Å². The molecular weight excluding hydrogens is 380 g/mol. The van der Waals surface area contributed by atoms with E-state index in [9.17, 15) is 9.59 Å². The molecule has 1 aromatic carbocycles. The van der Waals surface area contributed by atoms with E-state index in [1.807, 2.05) is 24.3 Å². The molecule has 0 radical (unpaired) electrons. The molecule has 2 heterocycles. The number of hydrogen-bond donors (Lipinski definition) is 1. The number of likely N-dealkylation sites (tertiary alicyclic amines) is 1. The van der Waals surface area contributed by atoms with Crippen LogP contribution in [0.3, 0.4) is 0 Å². The van der Waals surface area contributed by atoms with Crippen LogP contribution in [0.4, 0.5) is 0 Å². The van der Waals surface area contributed by atoms with Crippen LogP contribution in [0.1, 0.15) is 61.1 Å². The fourth-order valence-corrected chi connectivity index (χ4v) is 4.34. The minimum absolute atomic E-state index is 0.0544. The molecule has 2 aliphatic rings. The molecule has 6 nitrogen and oxygen atoms in total. The number of rotatable bonds is 6. The Morgan fingerprint density at radius 1 is 1.03 bits per heavy atom. The number of carbonyl (C=O) groups is 2. The molecule has 2 amide bonds. The van der Waals surface area contributed by atoms with Gasteiger partial charge in [0.15, 0.2) is 5.76 Å². The highest BCUT2D eigenvalue weighted by molar-refractivity contribution is 5.91. The van der Waals surface area contributed by atoms with Gasteiger partial charge in [0.2, 0.25) is 5.91 Å². The maximum absolute atomic E-state index is 12.6. The second kappa shape index (κ2) is 9.83. The van der Waals surface area contributed by atoms with E-state index in [0.29, 0.717) is 44.3 Å². The Hall–Kier alpha value is -2.76. The number of benzene rings is 1. The molecule has 1 aliphatic carbocycles. The quantitative estimate of drug-likeness (QED) is 0.776. The Labute approximate surface area is 177 Å². The van der Waals surface area contributed by atoms with E-state index >= 15 is 0 Å². The predicted octanol–water partition coefficient (Wildman–Crippen LogP) is 4.16. The smallest absolute Gasteiger partial charge is 0.289 e. The summed E-state index contributed by atoms with van der Waals surface area (Å²) in [5, 5.41) is 3.05. The highest BCUT2D eigenvalue weighted by atomic mass is 16.5. The maximum Gasteiger partial charge on any atom is 0.289 e. The third kappa shape index (κ3) is 5.23. The van der Waals surface area contributed by atoms with Crippen LogP contribution in [0, 0.1) is 5.92 Å². The molecule has 0 unspecified atom stereocenters. The minimum atomic E-state index is -0.103. The largest absolute Gasteiger partial charge is 0.490 e. The molecule has 1 aliphatic heterocycles. The number of ether oxygens (including phenoxy) is 1. The average molecular weight is 411 g/mol. The number of hydrogen-bond acceptors (Lipinski definition) is 4. The fourth-order valence-electron chi connectivity index (χ4n) is 4.34. The fraction of sp³-hybridized carbons (Fsp3) is 0.500. The molecule has 1 N–H and O–H groups in total. The van der Waals surface area contributed by atoms with Crippen molar-refractivity contribution in [3.8, 4) is 5.75 Å². The molecular formula is C24H30N2O4. The lowest BCUT2D eigenvalue weighted by Gasteiger charge is -2.30. The van der Waals surface area contributed by atoms with E-state index in [2.05, 4.69) is 5.32 Å². The van der Waals surface area contributed by atoms with Crippen molar-refractivity contribution in [3.63, 3.8) is 0 Å². The second-order valence-electron chi connectivity index (χ2n) is 8.29. The molecule has 2 fully saturated rings. The first kappa shape index (κ1) is 20.5. The van der Waals surface area contributed by atoms with Gasteiger partial charge < -0.3 is 19.4 Å². The Morgan fingerprint density at radius 3 is 2.57 bits per heavy atom. The molecule has 0 atom stereocenters. The first-order chi connectivity index (χ1) is 14.7. The van der Waals surface area contributed by atoms with E-state index in [0.717, 1.165) is 24.2 Å². The van der Waals surface area contributed by atoms with Crippen molar-refractivity contribution in [2.24, 2.45) is 5.92 Å². The van der Waals surface area contributed by atoms with Crippen molar-refractivity contribution in [1.29, 1.82) is 0 Å². The van der Waals surface area contributed by atoms with Crippen molar-refractivity contribution < 1.29 is 18.7 Å². The average Bonchev–Trinajstić information content (AvgIpc) is 3.33. The van der Waals surface area contributed by atoms with Crippen molar-refractivity contribution in [2.45, 2.75) is 57.6 Å². The van der Waals surface area contributed by atoms with E-state index in [1.54, 1.807) is 17.0 Å². The highest BCUT2D eigenvalue weighted by Gasteiger charge is 2.28. The Balaban J connectivity index is 1.23. The third-order valence-electron chi connectivity index (χ3n) is 6.11. The Kier molecular flexibility index (Phi) is 6.72. The number of furan rings is 1. The van der Waals surface area contributed by atoms with Crippen LogP contribution < -0.4 is 10.1 Å². The maximum atomic E-state index is 12.6. The van der Waals surface area contributed by atoms with Crippen LogP contribution in [0.15, 0.2) is 47.1 Å². The number of amides is 2. The monoisotopic (exact) mass is 410 g/mol. The molecule has 160 valence electrons. The highest BCUT2D eigenvalue weighted by Crippen LogP contribution is 2.24. The summed E-state index contributed by atoms with van der Waals surface area (Å²) in [7, 11) is 0. The standard InChI is InChI=1S/C24H30N2O4/c27-23(19-11-13-26(14-12-19)24(28)22-10-5-15-29-22)25-17-18-6-4-9-21(16-18)30-20-7-2-1-3-8-20/h4-6,9-10,15-16,19-20H,1-3,7-8,11-14,17H2,(H,25,27). The van der Waals surface area contributed by atoms with Crippen LogP contribution in [0.25, 0.3) is 0 Å². The molecule has 1 saturated carbocycles. The first-order valence-corrected chi connectivity index (χ1v) is 11.0. The molecule has 2 aromatic rings. The van der Waals surface area contributed by atoms with Gasteiger partial charge in [-0.3, -0.25) is 9.59 Å². The Morgan fingerprint density at radius 2 is 1.83 bits per heavy atom. The zero-order chi connectivity index (χ0) is 20.8. The van der Waals surface area contributed by atoms with E-state index in [-0.39, 0.29) is 17.7 Å². The summed E-state index contributed by atoms with van der Waals surface area (Å²) in [4.78, 5) is 26.7. The zero-order valence-electron chi connectivity index (χ0n) is 17.3. The number of carbonyl (C=O) groups excluding carboxylic acids is 2. The van der Waals surface area contributed by atoms with Gasteiger partial charge in [-0.2, -0.15) is 0 Å². The zero-order valence-corrected chi connectivity index (χ0v) is 17.3. The van der Waals surface area contributed by atoms with Gasteiger partial charge in [-0.1, -0.05) is 18.6 Å². The first-order valence-electron chi connectivity index (χ1n) is 11.0. The third-order valence-corrected chi connectivity index (χ3v) is 6.11. The van der Waals surface area contributed by atoms with Crippen molar-refractivity contribution in [3.05, 3.63) is 54.0 Å². The normalized spacial score (nSPS) is 18.2. The van der Waals surface area contributed by atoms with Crippen molar-refractivity contribution in [1.82, 2.24) is 10.2 Å². The summed E-state index contributed by atoms with van der Waals surface area (Å²) in [6.07, 6.45) is 9.21. The van der Waals surface area contributed by atoms with Gasteiger partial charge in [0, 0.05) is 25.6 Å². The van der Waals surface area contributed by atoms with Crippen molar-refractivity contribution in [2.75, 3.05) is 13.1 Å². The van der Waals surface area contributed by atoms with Gasteiger partial charge in [-0.05, 0) is 68.4 Å². The Bertz CT molecular complexity index is 835. The minimum Gasteiger partial charge on any atom is -0.490 e. The molecule has 1 saturated heterocycles. The summed E-state index contributed by atoms with van der Waals surface area (Å²) in [5.74, 6) is 1.13. The molecule has 6 heteroatoms. The number of piperidine rings is 1. The lowest BCUT2D eigenvalue weighted by molar-refractivity contribution is -0.126. The lowest BCUT2D eigenvalue weighted by atomic mass is 9.95. The predicted molar refractivity (Wildman–Crippen MR) is 113 cm³/mol. The molecule has 4 rings (SSSR count). The molecule has 1 aromatic heterocycles. The topological polar surface area (TPSA) is 71.8 Å². The summed E-state index contributed by atoms with van der Waals surface area (Å²) < 4.78 is 11.3. The summed E-state index contributed by atoms with van der Waals surface area (Å²) in [6, 6.07) is 11.4. The van der Waals surface area contributed by atoms with Gasteiger partial charge >= 0.3 is 0 Å². The van der Waals surface area contributed by atoms with Crippen LogP contribution in [0.5, 0.6) is 5.75 Å². The summed E-state index contributed by atoms with van der Waals surface area (Å²) in [6.45, 7) is 1.64. The number of nitrogens with one attached hydrogen (secondary N) is 1. The van der Waals surface area contributed by atoms with Gasteiger partial charge in [0.1, 0.15) is 5.75 Å². The van der Waals surface area contributed by atoms with E-state index < -0.39 is 0 Å². The van der Waals surface area contributed by atoms with Crippen LogP contribution >= 0.6 is 0 Å². The summed E-state index contributed by atoms with van der Waals surface area (Å²) in [5.41, 5.74) is 1.04. The van der Waals surface area contributed by atoms with Gasteiger partial charge in [0.05, 0.1) is 12.4 Å². The van der Waals surface area contributed by atoms with E-state index in [1.165, 1.54) is 25.5 Å². The molecule has 0 bridgehead atoms. The van der Waals surface area contributed by atoms with E-state index in [4.69, 9.17) is 9.15 Å². The summed E-state index contributed by atoms with van der Waals surface area (Å²) >= 11 is 0. The van der Waals surface area contributed by atoms with Gasteiger partial charge in [0.25, 0.3) is 5.91 Å². The van der Waals surface area contributed by atoms with Crippen molar-refractivity contribution >= 4 is 11.8 Å². The molecule has 0 spiro atoms. The van der Waals surface area contributed by atoms with Crippen LogP contribution in [0.2, 0.25) is 0 Å². The second-order valence-corrected chi connectivity index (χ2v) is 8.29. The van der Waals surface area contributed by atoms with Crippen LogP contribution in [-0.4, -0.2) is 35.9 Å². The van der Waals surface area contributed by atoms with Gasteiger partial charge in [-0.15, -0.1) is 0 Å². The number of nitrogens with zero attached hydrogens (tertiary/aromatic N) is 1. The van der Waals surface area contributed by atoms with Gasteiger partial charge in [-0.25, -0.2) is 0 Å². The lowest BCUT2D eigenvalue weighted by Crippen LogP contribution is -2.42. The SMILES string of the molecule is O=C(NCc1cccc(OC2CCCCC2)c1)C1CCN(C(=O)c2ccco2)CC1.